The van der Waals surface area contributed by atoms with Crippen LogP contribution < -0.4 is 11.1 Å². The molecule has 0 aromatic carbocycles. The number of carbonyl (C=O) groups excluding carboxylic acids is 1. The van der Waals surface area contributed by atoms with Crippen LogP contribution in [0.4, 0.5) is 11.5 Å². The highest BCUT2D eigenvalue weighted by Crippen LogP contribution is 2.17. The quantitative estimate of drug-likeness (QED) is 0.596. The predicted octanol–water partition coefficient (Wildman–Crippen LogP) is 0.117. The fourth-order valence-corrected chi connectivity index (χ4v) is 1.45. The third-order valence-corrected chi connectivity index (χ3v) is 2.31. The van der Waals surface area contributed by atoms with E-state index in [0.29, 0.717) is 0 Å². The van der Waals surface area contributed by atoms with E-state index in [-0.39, 0.29) is 28.9 Å². The van der Waals surface area contributed by atoms with Gasteiger partial charge in [-0.2, -0.15) is 5.10 Å². The van der Waals surface area contributed by atoms with Gasteiger partial charge in [0.15, 0.2) is 11.5 Å². The minimum atomic E-state index is -0.579. The summed E-state index contributed by atoms with van der Waals surface area (Å²) in [6.07, 6.45) is 1.47. The number of nitrogens with two attached hydrogens (primary N) is 1. The van der Waals surface area contributed by atoms with E-state index in [9.17, 15) is 14.9 Å². The van der Waals surface area contributed by atoms with Crippen molar-refractivity contribution in [3.05, 3.63) is 40.2 Å². The Hall–Kier alpha value is -2.97. The zero-order valence-electron chi connectivity index (χ0n) is 9.90. The van der Waals surface area contributed by atoms with Crippen LogP contribution in [0.15, 0.2) is 24.4 Å². The SMILES string of the molecule is CNC(=O)c1ccn(-c2cc([N+](=O)[O-])cc(N)n2)n1. The number of carbonyl (C=O) groups is 1. The number of pyridine rings is 1. The molecule has 0 unspecified atom stereocenters. The third kappa shape index (κ3) is 2.49. The molecule has 1 amide bonds. The van der Waals surface area contributed by atoms with Gasteiger partial charge in [0.05, 0.1) is 17.1 Å². The second-order valence-corrected chi connectivity index (χ2v) is 3.59. The van der Waals surface area contributed by atoms with Gasteiger partial charge in [0.2, 0.25) is 0 Å². The third-order valence-electron chi connectivity index (χ3n) is 2.31. The minimum absolute atomic E-state index is 0.00110. The first-order chi connectivity index (χ1) is 9.01. The molecule has 0 spiro atoms. The normalized spacial score (nSPS) is 10.2. The molecule has 0 atom stereocenters. The van der Waals surface area contributed by atoms with Crippen LogP contribution >= 0.6 is 0 Å². The molecule has 9 nitrogen and oxygen atoms in total. The van der Waals surface area contributed by atoms with E-state index in [1.54, 1.807) is 0 Å². The molecule has 0 saturated heterocycles. The van der Waals surface area contributed by atoms with Crippen molar-refractivity contribution in [2.45, 2.75) is 0 Å². The highest BCUT2D eigenvalue weighted by Gasteiger charge is 2.13. The van der Waals surface area contributed by atoms with Gasteiger partial charge in [0.1, 0.15) is 5.82 Å². The highest BCUT2D eigenvalue weighted by molar-refractivity contribution is 5.91. The van der Waals surface area contributed by atoms with Gasteiger partial charge in [-0.1, -0.05) is 0 Å². The van der Waals surface area contributed by atoms with Crippen LogP contribution in [0.3, 0.4) is 0 Å². The Bertz CT molecular complexity index is 650. The zero-order chi connectivity index (χ0) is 14.0. The Morgan fingerprint density at radius 3 is 2.89 bits per heavy atom. The summed E-state index contributed by atoms with van der Waals surface area (Å²) in [6.45, 7) is 0. The van der Waals surface area contributed by atoms with E-state index in [1.807, 2.05) is 0 Å². The summed E-state index contributed by atoms with van der Waals surface area (Å²) in [5.74, 6) is -0.194. The van der Waals surface area contributed by atoms with Crippen LogP contribution in [0.25, 0.3) is 5.82 Å². The van der Waals surface area contributed by atoms with E-state index >= 15 is 0 Å². The lowest BCUT2D eigenvalue weighted by molar-refractivity contribution is -0.384. The largest absolute Gasteiger partial charge is 0.383 e. The number of nitrogens with zero attached hydrogens (tertiary/aromatic N) is 4. The Morgan fingerprint density at radius 1 is 1.53 bits per heavy atom. The number of anilines is 1. The minimum Gasteiger partial charge on any atom is -0.383 e. The molecule has 3 N–H and O–H groups in total. The topological polar surface area (TPSA) is 129 Å². The average molecular weight is 262 g/mol. The van der Waals surface area contributed by atoms with Gasteiger partial charge in [0.25, 0.3) is 11.6 Å². The average Bonchev–Trinajstić information content (AvgIpc) is 2.86. The Morgan fingerprint density at radius 2 is 2.26 bits per heavy atom. The number of nitrogens with one attached hydrogen (secondary N) is 1. The van der Waals surface area contributed by atoms with Gasteiger partial charge >= 0.3 is 0 Å². The molecule has 0 fully saturated rings. The van der Waals surface area contributed by atoms with E-state index in [4.69, 9.17) is 5.73 Å². The second kappa shape index (κ2) is 4.72. The van der Waals surface area contributed by atoms with Gasteiger partial charge in [-0.05, 0) is 6.07 Å². The van der Waals surface area contributed by atoms with Crippen LogP contribution in [0.1, 0.15) is 10.5 Å². The monoisotopic (exact) mass is 262 g/mol. The summed E-state index contributed by atoms with van der Waals surface area (Å²) in [4.78, 5) is 25.4. The maximum Gasteiger partial charge on any atom is 0.276 e. The molecule has 0 bridgehead atoms. The molecule has 2 aromatic heterocycles. The molecule has 0 aliphatic carbocycles. The van der Waals surface area contributed by atoms with E-state index in [2.05, 4.69) is 15.4 Å². The highest BCUT2D eigenvalue weighted by atomic mass is 16.6. The van der Waals surface area contributed by atoms with Crippen molar-refractivity contribution < 1.29 is 9.72 Å². The smallest absolute Gasteiger partial charge is 0.276 e. The summed E-state index contributed by atoms with van der Waals surface area (Å²) in [6, 6.07) is 3.83. The van der Waals surface area contributed by atoms with Crippen molar-refractivity contribution in [2.24, 2.45) is 0 Å². The molecule has 0 aliphatic heterocycles. The van der Waals surface area contributed by atoms with E-state index in [0.717, 1.165) is 6.07 Å². The zero-order valence-corrected chi connectivity index (χ0v) is 9.90. The summed E-state index contributed by atoms with van der Waals surface area (Å²) >= 11 is 0. The standard InChI is InChI=1S/C10H10N6O3/c1-12-10(17)7-2-3-15(14-7)9-5-6(16(18)19)4-8(11)13-9/h2-5H,1H3,(H2,11,13)(H,12,17). The summed E-state index contributed by atoms with van der Waals surface area (Å²) in [7, 11) is 1.48. The van der Waals surface area contributed by atoms with E-state index in [1.165, 1.54) is 30.1 Å². The number of nitro groups is 1. The first-order valence-electron chi connectivity index (χ1n) is 5.21. The van der Waals surface area contributed by atoms with Crippen LogP contribution in [-0.2, 0) is 0 Å². The second-order valence-electron chi connectivity index (χ2n) is 3.59. The van der Waals surface area contributed by atoms with Crippen molar-refractivity contribution in [3.63, 3.8) is 0 Å². The fourth-order valence-electron chi connectivity index (χ4n) is 1.45. The molecule has 98 valence electrons. The van der Waals surface area contributed by atoms with Crippen molar-refractivity contribution in [3.8, 4) is 5.82 Å². The van der Waals surface area contributed by atoms with Crippen molar-refractivity contribution in [1.82, 2.24) is 20.1 Å². The molecule has 2 heterocycles. The Kier molecular flexibility index (Phi) is 3.10. The van der Waals surface area contributed by atoms with Gasteiger partial charge in [-0.3, -0.25) is 14.9 Å². The lowest BCUT2D eigenvalue weighted by Crippen LogP contribution is -2.18. The number of nitrogen functional groups attached to an aromatic ring is 1. The number of rotatable bonds is 3. The van der Waals surface area contributed by atoms with Crippen LogP contribution in [-0.4, -0.2) is 32.6 Å². The molecule has 0 radical (unpaired) electrons. The van der Waals surface area contributed by atoms with Crippen molar-refractivity contribution >= 4 is 17.4 Å². The van der Waals surface area contributed by atoms with Crippen molar-refractivity contribution in [1.29, 1.82) is 0 Å². The van der Waals surface area contributed by atoms with Crippen LogP contribution in [0, 0.1) is 10.1 Å². The lowest BCUT2D eigenvalue weighted by Gasteiger charge is -2.02. The lowest BCUT2D eigenvalue weighted by atomic mass is 10.4. The Labute approximate surface area is 107 Å². The number of hydrogen-bond acceptors (Lipinski definition) is 6. The molecule has 19 heavy (non-hydrogen) atoms. The van der Waals surface area contributed by atoms with Gasteiger partial charge in [0, 0.05) is 13.2 Å². The molecule has 9 heteroatoms. The summed E-state index contributed by atoms with van der Waals surface area (Å²) in [5.41, 5.74) is 5.47. The molecule has 2 aromatic rings. The van der Waals surface area contributed by atoms with Crippen LogP contribution in [0.5, 0.6) is 0 Å². The fraction of sp³-hybridized carbons (Fsp3) is 0.100. The molecule has 2 rings (SSSR count). The molecular weight excluding hydrogens is 252 g/mol. The van der Waals surface area contributed by atoms with Crippen LogP contribution in [0.2, 0.25) is 0 Å². The summed E-state index contributed by atoms with van der Waals surface area (Å²) < 4.78 is 1.24. The summed E-state index contributed by atoms with van der Waals surface area (Å²) in [5, 5.41) is 17.1. The molecular formula is C10H10N6O3. The number of amides is 1. The van der Waals surface area contributed by atoms with Gasteiger partial charge in [-0.25, -0.2) is 9.67 Å². The Balaban J connectivity index is 2.44. The van der Waals surface area contributed by atoms with Crippen molar-refractivity contribution in [2.75, 3.05) is 12.8 Å². The van der Waals surface area contributed by atoms with E-state index < -0.39 is 4.92 Å². The maximum atomic E-state index is 11.4. The number of hydrogen-bond donors (Lipinski definition) is 2. The van der Waals surface area contributed by atoms with Gasteiger partial charge in [-0.15, -0.1) is 0 Å². The predicted molar refractivity (Wildman–Crippen MR) is 65.8 cm³/mol. The van der Waals surface area contributed by atoms with Gasteiger partial charge < -0.3 is 11.1 Å². The first-order valence-corrected chi connectivity index (χ1v) is 5.21. The first kappa shape index (κ1) is 12.5. The molecule has 0 aliphatic rings. The molecule has 0 saturated carbocycles. The number of aromatic nitrogens is 3. The maximum absolute atomic E-state index is 11.4.